The summed E-state index contributed by atoms with van der Waals surface area (Å²) in [4.78, 5) is 27.2. The van der Waals surface area contributed by atoms with E-state index in [2.05, 4.69) is 16.4 Å². The highest BCUT2D eigenvalue weighted by Crippen LogP contribution is 2.30. The first kappa shape index (κ1) is 15.7. The number of nitrogens with zero attached hydrogens (tertiary/aromatic N) is 1. The van der Waals surface area contributed by atoms with Crippen molar-refractivity contribution < 1.29 is 9.59 Å². The Hall–Kier alpha value is -2.18. The van der Waals surface area contributed by atoms with Crippen molar-refractivity contribution in [2.24, 2.45) is 0 Å². The molecule has 3 rings (SSSR count). The van der Waals surface area contributed by atoms with Crippen molar-refractivity contribution in [3.05, 3.63) is 48.5 Å². The van der Waals surface area contributed by atoms with E-state index in [1.165, 1.54) is 6.92 Å². The standard InChI is InChI=1S/C17H14N2O2S2/c1-11(20)22-10-16(21)18-13-8-6-12(7-9-13)17-19-14-4-2-3-5-15(14)23-17/h2-9H,10H2,1H3,(H,18,21). The molecule has 1 aromatic heterocycles. The lowest BCUT2D eigenvalue weighted by Crippen LogP contribution is -2.14. The number of anilines is 1. The van der Waals surface area contributed by atoms with Crippen LogP contribution in [-0.4, -0.2) is 21.8 Å². The third kappa shape index (κ3) is 3.97. The molecule has 4 nitrogen and oxygen atoms in total. The number of hydrogen-bond donors (Lipinski definition) is 1. The molecule has 0 fully saturated rings. The molecule has 0 saturated heterocycles. The molecule has 0 unspecified atom stereocenters. The Morgan fingerprint density at radius 3 is 2.57 bits per heavy atom. The Balaban J connectivity index is 1.71. The molecule has 116 valence electrons. The number of benzene rings is 2. The summed E-state index contributed by atoms with van der Waals surface area (Å²) in [5.74, 6) is -0.0486. The van der Waals surface area contributed by atoms with Crippen LogP contribution in [0, 0.1) is 0 Å². The van der Waals surface area contributed by atoms with Crippen molar-refractivity contribution in [3.8, 4) is 10.6 Å². The van der Waals surface area contributed by atoms with Gasteiger partial charge < -0.3 is 5.32 Å². The van der Waals surface area contributed by atoms with Gasteiger partial charge in [0.05, 0.1) is 16.0 Å². The SMILES string of the molecule is CC(=O)SCC(=O)Nc1ccc(-c2nc3ccccc3s2)cc1. The zero-order valence-electron chi connectivity index (χ0n) is 12.4. The van der Waals surface area contributed by atoms with E-state index in [4.69, 9.17) is 0 Å². The van der Waals surface area contributed by atoms with Gasteiger partial charge in [0.2, 0.25) is 5.91 Å². The first-order valence-corrected chi connectivity index (χ1v) is 8.81. The largest absolute Gasteiger partial charge is 0.325 e. The van der Waals surface area contributed by atoms with Gasteiger partial charge in [-0.25, -0.2) is 4.98 Å². The van der Waals surface area contributed by atoms with E-state index in [0.29, 0.717) is 5.69 Å². The fraction of sp³-hybridized carbons (Fsp3) is 0.118. The van der Waals surface area contributed by atoms with E-state index < -0.39 is 0 Å². The van der Waals surface area contributed by atoms with Crippen LogP contribution in [-0.2, 0) is 9.59 Å². The quantitative estimate of drug-likeness (QED) is 0.773. The lowest BCUT2D eigenvalue weighted by atomic mass is 10.2. The van der Waals surface area contributed by atoms with E-state index >= 15 is 0 Å². The number of carbonyl (C=O) groups is 2. The Labute approximate surface area is 141 Å². The van der Waals surface area contributed by atoms with Crippen LogP contribution in [0.2, 0.25) is 0 Å². The van der Waals surface area contributed by atoms with Gasteiger partial charge in [-0.2, -0.15) is 0 Å². The van der Waals surface area contributed by atoms with E-state index in [9.17, 15) is 9.59 Å². The number of hydrogen-bond acceptors (Lipinski definition) is 5. The molecule has 1 heterocycles. The zero-order valence-corrected chi connectivity index (χ0v) is 14.0. The molecule has 0 radical (unpaired) electrons. The Morgan fingerprint density at radius 1 is 1.13 bits per heavy atom. The number of fused-ring (bicyclic) bond motifs is 1. The summed E-state index contributed by atoms with van der Waals surface area (Å²) in [6, 6.07) is 15.6. The smallest absolute Gasteiger partial charge is 0.234 e. The molecule has 6 heteroatoms. The van der Waals surface area contributed by atoms with E-state index in [0.717, 1.165) is 32.5 Å². The predicted octanol–water partition coefficient (Wildman–Crippen LogP) is 4.18. The molecule has 23 heavy (non-hydrogen) atoms. The van der Waals surface area contributed by atoms with Crippen LogP contribution < -0.4 is 5.32 Å². The van der Waals surface area contributed by atoms with Gasteiger partial charge in [-0.15, -0.1) is 11.3 Å². The van der Waals surface area contributed by atoms with Gasteiger partial charge in [0.1, 0.15) is 5.01 Å². The van der Waals surface area contributed by atoms with Crippen molar-refractivity contribution in [2.45, 2.75) is 6.92 Å². The summed E-state index contributed by atoms with van der Waals surface area (Å²) in [5, 5.41) is 3.66. The summed E-state index contributed by atoms with van der Waals surface area (Å²) in [5.41, 5.74) is 2.72. The minimum absolute atomic E-state index is 0.0636. The third-order valence-corrected chi connectivity index (χ3v) is 5.01. The predicted molar refractivity (Wildman–Crippen MR) is 96.8 cm³/mol. The average molecular weight is 342 g/mol. The highest BCUT2D eigenvalue weighted by Gasteiger charge is 2.07. The van der Waals surface area contributed by atoms with Gasteiger partial charge in [-0.05, 0) is 36.4 Å². The van der Waals surface area contributed by atoms with E-state index in [1.807, 2.05) is 42.5 Å². The maximum Gasteiger partial charge on any atom is 0.234 e. The number of nitrogens with one attached hydrogen (secondary N) is 1. The molecular formula is C17H14N2O2S2. The monoisotopic (exact) mass is 342 g/mol. The second-order valence-electron chi connectivity index (χ2n) is 4.89. The molecule has 0 atom stereocenters. The van der Waals surface area contributed by atoms with Crippen LogP contribution in [0.1, 0.15) is 6.92 Å². The minimum Gasteiger partial charge on any atom is -0.325 e. The molecule has 0 aliphatic heterocycles. The van der Waals surface area contributed by atoms with Gasteiger partial charge in [-0.1, -0.05) is 23.9 Å². The Kier molecular flexibility index (Phi) is 4.73. The van der Waals surface area contributed by atoms with Crippen LogP contribution in [0.3, 0.4) is 0 Å². The number of thiazole rings is 1. The summed E-state index contributed by atoms with van der Waals surface area (Å²) < 4.78 is 1.15. The van der Waals surface area contributed by atoms with Crippen molar-refractivity contribution in [1.82, 2.24) is 4.98 Å². The van der Waals surface area contributed by atoms with Crippen molar-refractivity contribution >= 4 is 50.0 Å². The molecule has 0 aliphatic rings. The highest BCUT2D eigenvalue weighted by molar-refractivity contribution is 8.14. The molecule has 2 aromatic carbocycles. The normalized spacial score (nSPS) is 10.7. The molecule has 0 bridgehead atoms. The molecule has 1 amide bonds. The second-order valence-corrected chi connectivity index (χ2v) is 7.08. The number of carbonyl (C=O) groups excluding carboxylic acids is 2. The number of para-hydroxylation sites is 1. The average Bonchev–Trinajstić information content (AvgIpc) is 2.97. The minimum atomic E-state index is -0.182. The molecule has 0 spiro atoms. The zero-order chi connectivity index (χ0) is 16.2. The van der Waals surface area contributed by atoms with Crippen LogP contribution in [0.15, 0.2) is 48.5 Å². The molecule has 0 saturated carbocycles. The Bertz CT molecular complexity index is 823. The number of aromatic nitrogens is 1. The van der Waals surface area contributed by atoms with Crippen LogP contribution in [0.4, 0.5) is 5.69 Å². The number of thioether (sulfide) groups is 1. The van der Waals surface area contributed by atoms with E-state index in [1.54, 1.807) is 11.3 Å². The van der Waals surface area contributed by atoms with E-state index in [-0.39, 0.29) is 16.8 Å². The van der Waals surface area contributed by atoms with Gasteiger partial charge in [0.15, 0.2) is 5.12 Å². The lowest BCUT2D eigenvalue weighted by molar-refractivity contribution is -0.114. The van der Waals surface area contributed by atoms with Crippen LogP contribution in [0.5, 0.6) is 0 Å². The number of amides is 1. The topological polar surface area (TPSA) is 59.1 Å². The molecule has 3 aromatic rings. The lowest BCUT2D eigenvalue weighted by Gasteiger charge is -2.04. The van der Waals surface area contributed by atoms with Crippen molar-refractivity contribution in [3.63, 3.8) is 0 Å². The molecular weight excluding hydrogens is 328 g/mol. The van der Waals surface area contributed by atoms with Crippen molar-refractivity contribution in [1.29, 1.82) is 0 Å². The second kappa shape index (κ2) is 6.93. The van der Waals surface area contributed by atoms with Gasteiger partial charge >= 0.3 is 0 Å². The van der Waals surface area contributed by atoms with Gasteiger partial charge in [0, 0.05) is 18.2 Å². The molecule has 0 aliphatic carbocycles. The first-order valence-electron chi connectivity index (χ1n) is 7.01. The highest BCUT2D eigenvalue weighted by atomic mass is 32.2. The first-order chi connectivity index (χ1) is 11.1. The Morgan fingerprint density at radius 2 is 1.87 bits per heavy atom. The van der Waals surface area contributed by atoms with Gasteiger partial charge in [-0.3, -0.25) is 9.59 Å². The van der Waals surface area contributed by atoms with Gasteiger partial charge in [0.25, 0.3) is 0 Å². The fourth-order valence-corrected chi connectivity index (χ4v) is 3.43. The van der Waals surface area contributed by atoms with Crippen LogP contribution >= 0.6 is 23.1 Å². The summed E-state index contributed by atoms with van der Waals surface area (Å²) in [6.07, 6.45) is 0. The summed E-state index contributed by atoms with van der Waals surface area (Å²) >= 11 is 2.64. The summed E-state index contributed by atoms with van der Waals surface area (Å²) in [6.45, 7) is 1.45. The molecule has 1 N–H and O–H groups in total. The van der Waals surface area contributed by atoms with Crippen LogP contribution in [0.25, 0.3) is 20.8 Å². The third-order valence-electron chi connectivity index (χ3n) is 3.12. The summed E-state index contributed by atoms with van der Waals surface area (Å²) in [7, 11) is 0. The van der Waals surface area contributed by atoms with Crippen molar-refractivity contribution in [2.75, 3.05) is 11.1 Å². The maximum absolute atomic E-state index is 11.7. The maximum atomic E-state index is 11.7. The number of rotatable bonds is 4. The fourth-order valence-electron chi connectivity index (χ4n) is 2.06.